The maximum Gasteiger partial charge on any atom is 0.326 e. The SMILES string of the molecule is O=C(c1cc2cc(Cl)ccc2[nH]1)N1CCC(n2c(=O)[nH]c3ccccc32)CC1. The third kappa shape index (κ3) is 2.81. The van der Waals surface area contributed by atoms with Crippen molar-refractivity contribution >= 4 is 39.4 Å². The van der Waals surface area contributed by atoms with Gasteiger partial charge >= 0.3 is 5.69 Å². The monoisotopic (exact) mass is 394 g/mol. The number of likely N-dealkylation sites (tertiary alicyclic amines) is 1. The zero-order valence-electron chi connectivity index (χ0n) is 15.1. The second-order valence-electron chi connectivity index (χ2n) is 7.26. The molecule has 2 N–H and O–H groups in total. The maximum absolute atomic E-state index is 12.9. The van der Waals surface area contributed by atoms with Crippen molar-refractivity contribution in [3.63, 3.8) is 0 Å². The predicted molar refractivity (Wildman–Crippen MR) is 110 cm³/mol. The highest BCUT2D eigenvalue weighted by atomic mass is 35.5. The average molecular weight is 395 g/mol. The molecule has 3 heterocycles. The number of carbonyl (C=O) groups is 1. The smallest absolute Gasteiger partial charge is 0.326 e. The number of hydrogen-bond acceptors (Lipinski definition) is 2. The standard InChI is InChI=1S/C21H19ClN4O2/c22-14-5-6-16-13(11-14)12-18(23-16)20(27)25-9-7-15(8-10-25)26-19-4-2-1-3-17(19)24-21(26)28/h1-6,11-12,15,23H,7-10H2,(H,24,28). The van der Waals surface area contributed by atoms with Gasteiger partial charge in [-0.05, 0) is 49.2 Å². The molecule has 1 aliphatic heterocycles. The molecule has 1 saturated heterocycles. The number of nitrogens with zero attached hydrogens (tertiary/aromatic N) is 2. The first-order valence-corrected chi connectivity index (χ1v) is 9.75. The molecule has 1 aliphatic rings. The fraction of sp³-hybridized carbons (Fsp3) is 0.238. The summed E-state index contributed by atoms with van der Waals surface area (Å²) in [5, 5.41) is 1.58. The fourth-order valence-corrected chi connectivity index (χ4v) is 4.33. The van der Waals surface area contributed by atoms with Crippen molar-refractivity contribution in [2.75, 3.05) is 13.1 Å². The first-order chi connectivity index (χ1) is 13.6. The largest absolute Gasteiger partial charge is 0.351 e. The average Bonchev–Trinajstić information content (AvgIpc) is 3.27. The van der Waals surface area contributed by atoms with Gasteiger partial charge in [-0.3, -0.25) is 9.36 Å². The Kier molecular flexibility index (Phi) is 4.02. The molecule has 1 fully saturated rings. The maximum atomic E-state index is 12.9. The van der Waals surface area contributed by atoms with Gasteiger partial charge in [0, 0.05) is 35.1 Å². The number of para-hydroxylation sites is 2. The van der Waals surface area contributed by atoms with Crippen molar-refractivity contribution in [3.8, 4) is 0 Å². The van der Waals surface area contributed by atoms with Crippen molar-refractivity contribution in [2.24, 2.45) is 0 Å². The summed E-state index contributed by atoms with van der Waals surface area (Å²) in [6, 6.07) is 15.2. The Labute approximate surface area is 165 Å². The minimum absolute atomic E-state index is 0.0166. The van der Waals surface area contributed by atoms with Crippen LogP contribution in [0.3, 0.4) is 0 Å². The van der Waals surface area contributed by atoms with Crippen LogP contribution in [0.4, 0.5) is 0 Å². The number of nitrogens with one attached hydrogen (secondary N) is 2. The number of piperidine rings is 1. The van der Waals surface area contributed by atoms with Gasteiger partial charge in [0.1, 0.15) is 5.69 Å². The van der Waals surface area contributed by atoms with Gasteiger partial charge in [0.05, 0.1) is 11.0 Å². The lowest BCUT2D eigenvalue weighted by Crippen LogP contribution is -2.40. The van der Waals surface area contributed by atoms with E-state index in [2.05, 4.69) is 9.97 Å². The van der Waals surface area contributed by atoms with Crippen molar-refractivity contribution < 1.29 is 4.79 Å². The number of H-pyrrole nitrogens is 2. The van der Waals surface area contributed by atoms with Gasteiger partial charge in [-0.25, -0.2) is 4.79 Å². The van der Waals surface area contributed by atoms with E-state index in [0.29, 0.717) is 23.8 Å². The lowest BCUT2D eigenvalue weighted by Gasteiger charge is -2.32. The molecule has 6 nitrogen and oxygen atoms in total. The molecular formula is C21H19ClN4O2. The lowest BCUT2D eigenvalue weighted by molar-refractivity contribution is 0.0690. The van der Waals surface area contributed by atoms with E-state index in [0.717, 1.165) is 34.8 Å². The van der Waals surface area contributed by atoms with Gasteiger partial charge in [0.15, 0.2) is 0 Å². The van der Waals surface area contributed by atoms with Crippen LogP contribution in [-0.4, -0.2) is 38.4 Å². The quantitative estimate of drug-likeness (QED) is 0.540. The van der Waals surface area contributed by atoms with E-state index in [-0.39, 0.29) is 17.6 Å². The van der Waals surface area contributed by atoms with Crippen molar-refractivity contribution in [3.05, 3.63) is 69.7 Å². The number of fused-ring (bicyclic) bond motifs is 2. The molecule has 0 unspecified atom stereocenters. The Hall–Kier alpha value is -2.99. The number of rotatable bonds is 2. The number of aromatic nitrogens is 3. The van der Waals surface area contributed by atoms with E-state index in [1.807, 2.05) is 51.9 Å². The highest BCUT2D eigenvalue weighted by Gasteiger charge is 2.27. The van der Waals surface area contributed by atoms with Crippen LogP contribution in [0, 0.1) is 0 Å². The number of carbonyl (C=O) groups excluding carboxylic acids is 1. The molecule has 0 saturated carbocycles. The summed E-state index contributed by atoms with van der Waals surface area (Å²) in [6.45, 7) is 1.23. The lowest BCUT2D eigenvalue weighted by atomic mass is 10.0. The van der Waals surface area contributed by atoms with Gasteiger partial charge in [-0.15, -0.1) is 0 Å². The van der Waals surface area contributed by atoms with E-state index >= 15 is 0 Å². The van der Waals surface area contributed by atoms with E-state index in [1.54, 1.807) is 6.07 Å². The van der Waals surface area contributed by atoms with Crippen molar-refractivity contribution in [1.82, 2.24) is 19.4 Å². The first-order valence-electron chi connectivity index (χ1n) is 9.37. The summed E-state index contributed by atoms with van der Waals surface area (Å²) in [4.78, 5) is 33.3. The highest BCUT2D eigenvalue weighted by Crippen LogP contribution is 2.26. The van der Waals surface area contributed by atoms with Gasteiger partial charge in [0.2, 0.25) is 0 Å². The molecule has 1 amide bonds. The number of amides is 1. The molecule has 2 aromatic carbocycles. The summed E-state index contributed by atoms with van der Waals surface area (Å²) >= 11 is 6.04. The second kappa shape index (κ2) is 6.56. The fourth-order valence-electron chi connectivity index (χ4n) is 4.15. The number of benzene rings is 2. The summed E-state index contributed by atoms with van der Waals surface area (Å²) in [5.74, 6) is -0.0166. The topological polar surface area (TPSA) is 73.9 Å². The summed E-state index contributed by atoms with van der Waals surface area (Å²) in [7, 11) is 0. The normalized spacial score (nSPS) is 15.5. The number of imidazole rings is 1. The van der Waals surface area contributed by atoms with Gasteiger partial charge in [-0.2, -0.15) is 0 Å². The van der Waals surface area contributed by atoms with Gasteiger partial charge < -0.3 is 14.9 Å². The van der Waals surface area contributed by atoms with Crippen LogP contribution >= 0.6 is 11.6 Å². The third-order valence-electron chi connectivity index (χ3n) is 5.55. The number of aromatic amines is 2. The van der Waals surface area contributed by atoms with Crippen molar-refractivity contribution in [1.29, 1.82) is 0 Å². The molecule has 0 radical (unpaired) electrons. The molecule has 0 spiro atoms. The number of hydrogen-bond donors (Lipinski definition) is 2. The van der Waals surface area contributed by atoms with Crippen LogP contribution in [0.25, 0.3) is 21.9 Å². The van der Waals surface area contributed by atoms with Gasteiger partial charge in [-0.1, -0.05) is 23.7 Å². The molecule has 28 heavy (non-hydrogen) atoms. The van der Waals surface area contributed by atoms with Crippen LogP contribution in [0.5, 0.6) is 0 Å². The molecule has 142 valence electrons. The second-order valence-corrected chi connectivity index (χ2v) is 7.69. The Morgan fingerprint density at radius 2 is 1.79 bits per heavy atom. The summed E-state index contributed by atoms with van der Waals surface area (Å²) in [6.07, 6.45) is 1.50. The van der Waals surface area contributed by atoms with E-state index in [9.17, 15) is 9.59 Å². The van der Waals surface area contributed by atoms with Crippen LogP contribution in [0.15, 0.2) is 53.3 Å². The van der Waals surface area contributed by atoms with Crippen LogP contribution in [0.2, 0.25) is 5.02 Å². The minimum Gasteiger partial charge on any atom is -0.351 e. The van der Waals surface area contributed by atoms with Crippen LogP contribution in [-0.2, 0) is 0 Å². The van der Waals surface area contributed by atoms with Crippen molar-refractivity contribution in [2.45, 2.75) is 18.9 Å². The molecule has 0 aliphatic carbocycles. The van der Waals surface area contributed by atoms with E-state index < -0.39 is 0 Å². The number of halogens is 1. The molecule has 0 bridgehead atoms. The Balaban J connectivity index is 1.35. The summed E-state index contributed by atoms with van der Waals surface area (Å²) < 4.78 is 1.84. The molecule has 7 heteroatoms. The minimum atomic E-state index is -0.0847. The Bertz CT molecular complexity index is 1240. The summed E-state index contributed by atoms with van der Waals surface area (Å²) in [5.41, 5.74) is 3.15. The van der Waals surface area contributed by atoms with Gasteiger partial charge in [0.25, 0.3) is 5.91 Å². The Morgan fingerprint density at radius 1 is 1.00 bits per heavy atom. The molecule has 5 rings (SSSR count). The predicted octanol–water partition coefficient (Wildman–Crippen LogP) is 3.94. The molecule has 4 aromatic rings. The molecule has 2 aromatic heterocycles. The van der Waals surface area contributed by atoms with Crippen LogP contribution in [0.1, 0.15) is 29.4 Å². The first kappa shape index (κ1) is 17.1. The molecule has 0 atom stereocenters. The molecular weight excluding hydrogens is 376 g/mol. The van der Waals surface area contributed by atoms with E-state index in [4.69, 9.17) is 11.6 Å². The zero-order valence-corrected chi connectivity index (χ0v) is 15.9. The van der Waals surface area contributed by atoms with Crippen LogP contribution < -0.4 is 5.69 Å². The highest BCUT2D eigenvalue weighted by molar-refractivity contribution is 6.31. The zero-order chi connectivity index (χ0) is 19.3. The Morgan fingerprint density at radius 3 is 2.61 bits per heavy atom. The third-order valence-corrected chi connectivity index (χ3v) is 5.79. The van der Waals surface area contributed by atoms with E-state index in [1.165, 1.54) is 0 Å².